The van der Waals surface area contributed by atoms with Gasteiger partial charge in [0.25, 0.3) is 5.56 Å². The zero-order chi connectivity index (χ0) is 14.1. The summed E-state index contributed by atoms with van der Waals surface area (Å²) < 4.78 is 6.86. The molecule has 2 aromatic rings. The van der Waals surface area contributed by atoms with Gasteiger partial charge in [0.05, 0.1) is 5.56 Å². The van der Waals surface area contributed by atoms with E-state index in [0.717, 1.165) is 23.2 Å². The standard InChI is InChI=1S/C15H16N2O3/c1-2-20-9-17-12-8-7-10-5-3-4-6-11(10)13(12)14(18)16-15(17)19/h3-6H,2,7-9H2,1H3,(H,16,18,19). The Kier molecular flexibility index (Phi) is 3.28. The average Bonchev–Trinajstić information content (AvgIpc) is 2.46. The van der Waals surface area contributed by atoms with Crippen LogP contribution in [0, 0.1) is 0 Å². The quantitative estimate of drug-likeness (QED) is 0.916. The fraction of sp³-hybridized carbons (Fsp3) is 0.333. The molecule has 1 aromatic heterocycles. The molecule has 0 aliphatic heterocycles. The first-order chi connectivity index (χ1) is 9.72. The summed E-state index contributed by atoms with van der Waals surface area (Å²) in [5.74, 6) is 0. The van der Waals surface area contributed by atoms with Crippen molar-refractivity contribution in [2.24, 2.45) is 0 Å². The van der Waals surface area contributed by atoms with Crippen molar-refractivity contribution in [3.63, 3.8) is 0 Å². The molecule has 1 aromatic carbocycles. The van der Waals surface area contributed by atoms with Crippen molar-refractivity contribution in [1.29, 1.82) is 0 Å². The number of aryl methyl sites for hydroxylation is 1. The number of hydrogen-bond donors (Lipinski definition) is 1. The number of benzene rings is 1. The van der Waals surface area contributed by atoms with Crippen molar-refractivity contribution >= 4 is 0 Å². The fourth-order valence-corrected chi connectivity index (χ4v) is 2.71. The van der Waals surface area contributed by atoms with Gasteiger partial charge in [-0.05, 0) is 30.9 Å². The Labute approximate surface area is 115 Å². The van der Waals surface area contributed by atoms with Gasteiger partial charge in [-0.25, -0.2) is 4.79 Å². The van der Waals surface area contributed by atoms with E-state index >= 15 is 0 Å². The second kappa shape index (κ2) is 5.09. The summed E-state index contributed by atoms with van der Waals surface area (Å²) in [6, 6.07) is 7.83. The van der Waals surface area contributed by atoms with E-state index in [1.165, 1.54) is 4.57 Å². The molecule has 5 nitrogen and oxygen atoms in total. The molecular weight excluding hydrogens is 256 g/mol. The van der Waals surface area contributed by atoms with Crippen LogP contribution in [-0.4, -0.2) is 16.2 Å². The number of ether oxygens (including phenoxy) is 1. The smallest absolute Gasteiger partial charge is 0.330 e. The normalized spacial score (nSPS) is 12.8. The van der Waals surface area contributed by atoms with E-state index in [-0.39, 0.29) is 12.3 Å². The van der Waals surface area contributed by atoms with Gasteiger partial charge in [-0.2, -0.15) is 0 Å². The van der Waals surface area contributed by atoms with E-state index < -0.39 is 5.69 Å². The van der Waals surface area contributed by atoms with Gasteiger partial charge in [-0.3, -0.25) is 14.3 Å². The molecule has 5 heteroatoms. The summed E-state index contributed by atoms with van der Waals surface area (Å²) in [5.41, 5.74) is 2.72. The lowest BCUT2D eigenvalue weighted by Gasteiger charge is -2.22. The molecule has 0 radical (unpaired) electrons. The highest BCUT2D eigenvalue weighted by Crippen LogP contribution is 2.29. The lowest BCUT2D eigenvalue weighted by molar-refractivity contribution is 0.0822. The van der Waals surface area contributed by atoms with Gasteiger partial charge in [0.15, 0.2) is 0 Å². The third kappa shape index (κ3) is 2.00. The van der Waals surface area contributed by atoms with Gasteiger partial charge in [-0.1, -0.05) is 24.3 Å². The molecule has 0 fully saturated rings. The molecule has 0 bridgehead atoms. The molecule has 0 unspecified atom stereocenters. The molecule has 0 saturated carbocycles. The Bertz CT molecular complexity index is 758. The van der Waals surface area contributed by atoms with Crippen molar-refractivity contribution < 1.29 is 4.74 Å². The molecule has 0 spiro atoms. The maximum absolute atomic E-state index is 12.2. The number of H-pyrrole nitrogens is 1. The number of aromatic amines is 1. The van der Waals surface area contributed by atoms with E-state index in [0.29, 0.717) is 18.6 Å². The predicted molar refractivity (Wildman–Crippen MR) is 75.8 cm³/mol. The minimum atomic E-state index is -0.401. The summed E-state index contributed by atoms with van der Waals surface area (Å²) in [7, 11) is 0. The van der Waals surface area contributed by atoms with Gasteiger partial charge >= 0.3 is 5.69 Å². The van der Waals surface area contributed by atoms with Crippen LogP contribution in [0.4, 0.5) is 0 Å². The summed E-state index contributed by atoms with van der Waals surface area (Å²) in [5, 5.41) is 0. The number of nitrogens with zero attached hydrogens (tertiary/aromatic N) is 1. The first-order valence-corrected chi connectivity index (χ1v) is 6.74. The highest BCUT2D eigenvalue weighted by Gasteiger charge is 2.22. The van der Waals surface area contributed by atoms with Crippen LogP contribution in [0.1, 0.15) is 18.2 Å². The minimum absolute atomic E-state index is 0.177. The second-order valence-electron chi connectivity index (χ2n) is 4.79. The predicted octanol–water partition coefficient (Wildman–Crippen LogP) is 1.30. The molecule has 104 valence electrons. The zero-order valence-corrected chi connectivity index (χ0v) is 11.3. The minimum Gasteiger partial charge on any atom is -0.361 e. The number of nitrogens with one attached hydrogen (secondary N) is 1. The number of aromatic nitrogens is 2. The number of fused-ring (bicyclic) bond motifs is 3. The fourth-order valence-electron chi connectivity index (χ4n) is 2.71. The summed E-state index contributed by atoms with van der Waals surface area (Å²) in [4.78, 5) is 26.5. The summed E-state index contributed by atoms with van der Waals surface area (Å²) >= 11 is 0. The van der Waals surface area contributed by atoms with Crippen LogP contribution in [0.5, 0.6) is 0 Å². The zero-order valence-electron chi connectivity index (χ0n) is 11.3. The van der Waals surface area contributed by atoms with Crippen LogP contribution in [0.3, 0.4) is 0 Å². The maximum Gasteiger partial charge on any atom is 0.330 e. The molecule has 0 atom stereocenters. The summed E-state index contributed by atoms with van der Waals surface area (Å²) in [6.45, 7) is 2.58. The molecule has 1 aliphatic carbocycles. The average molecular weight is 272 g/mol. The Morgan fingerprint density at radius 2 is 2.05 bits per heavy atom. The largest absolute Gasteiger partial charge is 0.361 e. The maximum atomic E-state index is 12.2. The van der Waals surface area contributed by atoms with E-state index in [9.17, 15) is 9.59 Å². The first kappa shape index (κ1) is 12.9. The van der Waals surface area contributed by atoms with E-state index in [2.05, 4.69) is 4.98 Å². The third-order valence-corrected chi connectivity index (χ3v) is 3.65. The molecule has 3 rings (SSSR count). The van der Waals surface area contributed by atoms with Gasteiger partial charge < -0.3 is 4.74 Å². The molecule has 0 amide bonds. The Morgan fingerprint density at radius 3 is 2.85 bits per heavy atom. The second-order valence-corrected chi connectivity index (χ2v) is 4.79. The van der Waals surface area contributed by atoms with E-state index in [1.54, 1.807) is 0 Å². The highest BCUT2D eigenvalue weighted by atomic mass is 16.5. The van der Waals surface area contributed by atoms with Gasteiger partial charge in [0.1, 0.15) is 6.73 Å². The molecule has 1 N–H and O–H groups in total. The van der Waals surface area contributed by atoms with Crippen molar-refractivity contribution in [3.05, 3.63) is 56.4 Å². The van der Waals surface area contributed by atoms with E-state index in [1.807, 2.05) is 31.2 Å². The molecule has 0 saturated heterocycles. The lowest BCUT2D eigenvalue weighted by Crippen LogP contribution is -2.36. The highest BCUT2D eigenvalue weighted by molar-refractivity contribution is 5.70. The monoisotopic (exact) mass is 272 g/mol. The van der Waals surface area contributed by atoms with Crippen molar-refractivity contribution in [3.8, 4) is 11.1 Å². The van der Waals surface area contributed by atoms with Gasteiger partial charge in [0.2, 0.25) is 0 Å². The van der Waals surface area contributed by atoms with Gasteiger partial charge in [0, 0.05) is 12.3 Å². The SMILES string of the molecule is CCOCn1c2c(c(=O)[nH]c1=O)-c1ccccc1CC2. The van der Waals surface area contributed by atoms with Gasteiger partial charge in [-0.15, -0.1) is 0 Å². The Balaban J connectivity index is 2.25. The number of rotatable bonds is 3. The Morgan fingerprint density at radius 1 is 1.25 bits per heavy atom. The van der Waals surface area contributed by atoms with Crippen molar-refractivity contribution in [2.45, 2.75) is 26.5 Å². The number of hydrogen-bond acceptors (Lipinski definition) is 3. The molecule has 1 aliphatic rings. The van der Waals surface area contributed by atoms with Crippen LogP contribution in [-0.2, 0) is 24.3 Å². The lowest BCUT2D eigenvalue weighted by atomic mass is 9.89. The van der Waals surface area contributed by atoms with E-state index in [4.69, 9.17) is 4.74 Å². The van der Waals surface area contributed by atoms with Crippen molar-refractivity contribution in [2.75, 3.05) is 6.61 Å². The molecule has 1 heterocycles. The van der Waals surface area contributed by atoms with Crippen LogP contribution in [0.15, 0.2) is 33.9 Å². The topological polar surface area (TPSA) is 64.1 Å². The first-order valence-electron chi connectivity index (χ1n) is 6.74. The molecule has 20 heavy (non-hydrogen) atoms. The van der Waals surface area contributed by atoms with Crippen molar-refractivity contribution in [1.82, 2.24) is 9.55 Å². The van der Waals surface area contributed by atoms with Crippen LogP contribution in [0.2, 0.25) is 0 Å². The summed E-state index contributed by atoms with van der Waals surface area (Å²) in [6.07, 6.45) is 1.51. The van der Waals surface area contributed by atoms with Crippen LogP contribution < -0.4 is 11.2 Å². The van der Waals surface area contributed by atoms with Crippen LogP contribution in [0.25, 0.3) is 11.1 Å². The third-order valence-electron chi connectivity index (χ3n) is 3.65. The van der Waals surface area contributed by atoms with Crippen LogP contribution >= 0.6 is 0 Å². The Hall–Kier alpha value is -2.14. The molecular formula is C15H16N2O3.